The Morgan fingerprint density at radius 2 is 1.18 bits per heavy atom. The molecule has 188 valence electrons. The van der Waals surface area contributed by atoms with Crippen LogP contribution in [-0.4, -0.2) is 0 Å². The Morgan fingerprint density at radius 1 is 0.564 bits per heavy atom. The van der Waals surface area contributed by atoms with Crippen molar-refractivity contribution >= 4 is 49.4 Å². The summed E-state index contributed by atoms with van der Waals surface area (Å²) in [5.41, 5.74) is 7.34. The van der Waals surface area contributed by atoms with Crippen LogP contribution >= 0.6 is 0 Å². The maximum absolute atomic E-state index is 6.33. The summed E-state index contributed by atoms with van der Waals surface area (Å²) in [6.07, 6.45) is 6.46. The zero-order valence-electron chi connectivity index (χ0n) is 22.4. The molecule has 0 fully saturated rings. The number of rotatable bonds is 2. The van der Waals surface area contributed by atoms with Gasteiger partial charge in [0.2, 0.25) is 0 Å². The summed E-state index contributed by atoms with van der Waals surface area (Å²) < 4.78 is 6.33. The lowest BCUT2D eigenvalue weighted by molar-refractivity contribution is 0.595. The largest absolute Gasteiger partial charge is 0.456 e. The van der Waals surface area contributed by atoms with Crippen molar-refractivity contribution in [1.29, 1.82) is 0 Å². The third-order valence-electron chi connectivity index (χ3n) is 7.93. The molecule has 0 bridgehead atoms. The van der Waals surface area contributed by atoms with E-state index in [1.165, 1.54) is 65.5 Å². The fraction of sp³-hybridized carbons (Fsp3) is 0.105. The molecule has 1 aliphatic rings. The molecule has 1 aromatic heterocycles. The second-order valence-electron chi connectivity index (χ2n) is 9.96. The minimum Gasteiger partial charge on any atom is -0.456 e. The Hall–Kier alpha value is -4.62. The number of fused-ring (bicyclic) bond motifs is 6. The Labute approximate surface area is 229 Å². The van der Waals surface area contributed by atoms with Crippen LogP contribution in [0.5, 0.6) is 0 Å². The van der Waals surface area contributed by atoms with Crippen LogP contribution in [0.1, 0.15) is 31.6 Å². The zero-order valence-corrected chi connectivity index (χ0v) is 22.4. The molecule has 0 atom stereocenters. The van der Waals surface area contributed by atoms with E-state index in [4.69, 9.17) is 4.42 Å². The third-order valence-corrected chi connectivity index (χ3v) is 7.93. The monoisotopic (exact) mass is 502 g/mol. The molecule has 1 nitrogen and oxygen atoms in total. The van der Waals surface area contributed by atoms with Gasteiger partial charge >= 0.3 is 0 Å². The van der Waals surface area contributed by atoms with E-state index in [-0.39, 0.29) is 0 Å². The van der Waals surface area contributed by atoms with Crippen molar-refractivity contribution in [2.75, 3.05) is 0 Å². The number of hydrogen-bond donors (Lipinski definition) is 0. The van der Waals surface area contributed by atoms with Gasteiger partial charge in [-0.3, -0.25) is 0 Å². The van der Waals surface area contributed by atoms with Crippen LogP contribution in [0.25, 0.3) is 71.6 Å². The number of aryl methyl sites for hydroxylation is 1. The van der Waals surface area contributed by atoms with Crippen LogP contribution in [0, 0.1) is 0 Å². The van der Waals surface area contributed by atoms with Gasteiger partial charge in [0.15, 0.2) is 0 Å². The van der Waals surface area contributed by atoms with Gasteiger partial charge in [0.05, 0.1) is 0 Å². The summed E-state index contributed by atoms with van der Waals surface area (Å²) in [5.74, 6) is 1.01. The molecule has 0 aliphatic heterocycles. The predicted octanol–water partition coefficient (Wildman–Crippen LogP) is 11.2. The van der Waals surface area contributed by atoms with Gasteiger partial charge in [0.25, 0.3) is 0 Å². The first-order chi connectivity index (χ1) is 19.4. The minimum atomic E-state index is 0.973. The minimum absolute atomic E-state index is 0.973. The quantitative estimate of drug-likeness (QED) is 0.214. The van der Waals surface area contributed by atoms with E-state index in [0.29, 0.717) is 0 Å². The van der Waals surface area contributed by atoms with Crippen molar-refractivity contribution in [2.45, 2.75) is 26.7 Å². The molecule has 6 aromatic carbocycles. The van der Waals surface area contributed by atoms with E-state index < -0.39 is 0 Å². The van der Waals surface area contributed by atoms with Gasteiger partial charge in [-0.25, -0.2) is 0 Å². The van der Waals surface area contributed by atoms with Crippen LogP contribution < -0.4 is 0 Å². The lowest BCUT2D eigenvalue weighted by atomic mass is 9.84. The predicted molar refractivity (Wildman–Crippen MR) is 168 cm³/mol. The van der Waals surface area contributed by atoms with Crippen LogP contribution in [0.4, 0.5) is 0 Å². The highest BCUT2D eigenvalue weighted by Crippen LogP contribution is 2.46. The number of allylic oxidation sites excluding steroid dienone is 1. The van der Waals surface area contributed by atoms with Crippen molar-refractivity contribution in [3.8, 4) is 22.3 Å². The fourth-order valence-corrected chi connectivity index (χ4v) is 6.31. The van der Waals surface area contributed by atoms with E-state index in [2.05, 4.69) is 121 Å². The highest BCUT2D eigenvalue weighted by Gasteiger charge is 2.20. The Kier molecular flexibility index (Phi) is 5.78. The van der Waals surface area contributed by atoms with Gasteiger partial charge < -0.3 is 4.42 Å². The van der Waals surface area contributed by atoms with Gasteiger partial charge in [-0.05, 0) is 79.6 Å². The van der Waals surface area contributed by atoms with E-state index in [9.17, 15) is 0 Å². The van der Waals surface area contributed by atoms with E-state index in [0.717, 1.165) is 24.2 Å². The lowest BCUT2D eigenvalue weighted by Gasteiger charge is -2.18. The van der Waals surface area contributed by atoms with E-state index in [1.54, 1.807) is 0 Å². The molecule has 8 rings (SSSR count). The number of hydrogen-bond acceptors (Lipinski definition) is 1. The van der Waals surface area contributed by atoms with Crippen molar-refractivity contribution < 1.29 is 4.42 Å². The van der Waals surface area contributed by atoms with Crippen LogP contribution in [-0.2, 0) is 6.42 Å². The first kappa shape index (κ1) is 23.5. The highest BCUT2D eigenvalue weighted by atomic mass is 16.3. The molecule has 0 amide bonds. The second-order valence-corrected chi connectivity index (χ2v) is 9.96. The molecule has 0 saturated heterocycles. The zero-order chi connectivity index (χ0) is 26.3. The molecule has 7 aromatic rings. The smallest absolute Gasteiger partial charge is 0.135 e. The maximum Gasteiger partial charge on any atom is 0.135 e. The molecule has 39 heavy (non-hydrogen) atoms. The standard InChI is InChI=1S/C36H24O.C2H6/c1-2-12-25-23(10-1)11-9-18-28(25)36-31-16-5-3-14-29(31)35(30-15-4-6-17-32(30)36)24-20-21-27-26-13-7-8-19-33(26)37-34(27)22-24;1-2/h1-6,8-12,14-22H,7,13H2;1-2H3. The molecular formula is C38H30O. The Balaban J connectivity index is 0.00000124. The average molecular weight is 503 g/mol. The molecule has 0 spiro atoms. The summed E-state index contributed by atoms with van der Waals surface area (Å²) >= 11 is 0. The molecule has 0 saturated carbocycles. The van der Waals surface area contributed by atoms with Crippen molar-refractivity contribution in [1.82, 2.24) is 0 Å². The van der Waals surface area contributed by atoms with Gasteiger partial charge in [-0.15, -0.1) is 0 Å². The SMILES string of the molecule is C1=Cc2oc3cc(-c4c5ccccc5c(-c5cccc6ccccc56)c5ccccc45)ccc3c2CC1.CC. The van der Waals surface area contributed by atoms with Crippen molar-refractivity contribution in [3.05, 3.63) is 127 Å². The summed E-state index contributed by atoms with van der Waals surface area (Å²) in [5, 5.41) is 8.86. The highest BCUT2D eigenvalue weighted by molar-refractivity contribution is 6.23. The molecule has 1 heteroatoms. The second kappa shape index (κ2) is 9.60. The van der Waals surface area contributed by atoms with Crippen LogP contribution in [0.2, 0.25) is 0 Å². The van der Waals surface area contributed by atoms with Gasteiger partial charge in [-0.1, -0.05) is 123 Å². The van der Waals surface area contributed by atoms with Gasteiger partial charge in [0, 0.05) is 10.9 Å². The molecule has 0 unspecified atom stereocenters. The third kappa shape index (κ3) is 3.69. The first-order valence-corrected chi connectivity index (χ1v) is 14.0. The Bertz CT molecular complexity index is 1970. The van der Waals surface area contributed by atoms with E-state index in [1.807, 2.05) is 13.8 Å². The lowest BCUT2D eigenvalue weighted by Crippen LogP contribution is -1.92. The molecule has 1 heterocycles. The Morgan fingerprint density at radius 3 is 1.90 bits per heavy atom. The number of benzene rings is 6. The molecular weight excluding hydrogens is 472 g/mol. The normalized spacial score (nSPS) is 12.6. The fourth-order valence-electron chi connectivity index (χ4n) is 6.31. The van der Waals surface area contributed by atoms with Gasteiger partial charge in [0.1, 0.15) is 11.3 Å². The van der Waals surface area contributed by atoms with Gasteiger partial charge in [-0.2, -0.15) is 0 Å². The molecule has 0 N–H and O–H groups in total. The summed E-state index contributed by atoms with van der Waals surface area (Å²) in [4.78, 5) is 0. The summed E-state index contributed by atoms with van der Waals surface area (Å²) in [7, 11) is 0. The van der Waals surface area contributed by atoms with Crippen LogP contribution in [0.3, 0.4) is 0 Å². The molecule has 1 aliphatic carbocycles. The average Bonchev–Trinajstić information content (AvgIpc) is 3.38. The van der Waals surface area contributed by atoms with Crippen molar-refractivity contribution in [2.24, 2.45) is 0 Å². The van der Waals surface area contributed by atoms with Crippen molar-refractivity contribution in [3.63, 3.8) is 0 Å². The number of furan rings is 1. The topological polar surface area (TPSA) is 13.1 Å². The summed E-state index contributed by atoms with van der Waals surface area (Å²) in [6.45, 7) is 4.00. The summed E-state index contributed by atoms with van der Waals surface area (Å²) in [6, 6.07) is 39.8. The van der Waals surface area contributed by atoms with E-state index >= 15 is 0 Å². The maximum atomic E-state index is 6.33. The van der Waals surface area contributed by atoms with Crippen LogP contribution in [0.15, 0.2) is 120 Å². The first-order valence-electron chi connectivity index (χ1n) is 14.0. The molecule has 0 radical (unpaired) electrons.